The minimum atomic E-state index is -0.353. The van der Waals surface area contributed by atoms with Gasteiger partial charge in [0.05, 0.1) is 4.92 Å². The maximum absolute atomic E-state index is 10.8. The molecule has 1 rings (SSSR count). The van der Waals surface area contributed by atoms with Gasteiger partial charge in [0.2, 0.25) is 0 Å². The Kier molecular flexibility index (Phi) is 6.11. The first-order chi connectivity index (χ1) is 8.99. The molecule has 0 fully saturated rings. The average molecular weight is 283 g/mol. The summed E-state index contributed by atoms with van der Waals surface area (Å²) < 4.78 is 0. The molecule has 19 heavy (non-hydrogen) atoms. The van der Waals surface area contributed by atoms with E-state index in [4.69, 9.17) is 0 Å². The van der Waals surface area contributed by atoms with E-state index in [-0.39, 0.29) is 10.6 Å². The molecule has 0 saturated carbocycles. The van der Waals surface area contributed by atoms with Crippen molar-refractivity contribution in [2.24, 2.45) is 0 Å². The zero-order valence-corrected chi connectivity index (χ0v) is 12.7. The van der Waals surface area contributed by atoms with Gasteiger partial charge in [0.25, 0.3) is 5.69 Å². The van der Waals surface area contributed by atoms with Crippen molar-refractivity contribution in [1.29, 1.82) is 0 Å². The van der Waals surface area contributed by atoms with Crippen molar-refractivity contribution in [3.8, 4) is 0 Å². The number of non-ortho nitro benzene ring substituents is 1. The van der Waals surface area contributed by atoms with Crippen molar-refractivity contribution in [2.75, 3.05) is 31.4 Å². The number of hydrogen-bond acceptors (Lipinski definition) is 5. The average Bonchev–Trinajstić information content (AvgIpc) is 2.38. The van der Waals surface area contributed by atoms with Crippen LogP contribution < -0.4 is 5.32 Å². The largest absolute Gasteiger partial charge is 0.388 e. The second kappa shape index (κ2) is 7.35. The molecule has 0 aromatic heterocycles. The molecular weight excluding hydrogens is 262 g/mol. The zero-order chi connectivity index (χ0) is 14.4. The third-order valence-electron chi connectivity index (χ3n) is 3.15. The molecular formula is C13H21N3O2S. The molecule has 0 radical (unpaired) electrons. The third kappa shape index (κ3) is 4.40. The highest BCUT2D eigenvalue weighted by molar-refractivity contribution is 7.98. The molecule has 0 amide bonds. The summed E-state index contributed by atoms with van der Waals surface area (Å²) in [6, 6.07) is 5.37. The van der Waals surface area contributed by atoms with E-state index in [1.54, 1.807) is 23.9 Å². The van der Waals surface area contributed by atoms with E-state index in [1.807, 2.05) is 14.1 Å². The lowest BCUT2D eigenvalue weighted by Gasteiger charge is -2.25. The van der Waals surface area contributed by atoms with E-state index in [0.29, 0.717) is 12.6 Å². The molecule has 1 N–H and O–H groups in total. The minimum Gasteiger partial charge on any atom is -0.388 e. The van der Waals surface area contributed by atoms with Gasteiger partial charge in [-0.2, -0.15) is 11.8 Å². The number of nitro benzene ring substituents is 1. The fraction of sp³-hybridized carbons (Fsp3) is 0.538. The lowest BCUT2D eigenvalue weighted by molar-refractivity contribution is -0.384. The van der Waals surface area contributed by atoms with Gasteiger partial charge in [0.15, 0.2) is 0 Å². The normalized spacial score (nSPS) is 12.5. The Hall–Kier alpha value is -1.27. The Morgan fingerprint density at radius 1 is 1.53 bits per heavy atom. The number of benzene rings is 1. The molecule has 0 spiro atoms. The Morgan fingerprint density at radius 3 is 2.74 bits per heavy atom. The predicted molar refractivity (Wildman–Crippen MR) is 82.0 cm³/mol. The Labute approximate surface area is 118 Å². The summed E-state index contributed by atoms with van der Waals surface area (Å²) >= 11 is 1.80. The Balaban J connectivity index is 2.91. The molecule has 0 saturated heterocycles. The molecule has 1 unspecified atom stereocenters. The molecule has 0 aliphatic rings. The summed E-state index contributed by atoms with van der Waals surface area (Å²) in [4.78, 5) is 12.7. The summed E-state index contributed by atoms with van der Waals surface area (Å²) in [7, 11) is 3.87. The van der Waals surface area contributed by atoms with E-state index >= 15 is 0 Å². The van der Waals surface area contributed by atoms with Crippen LogP contribution in [0.15, 0.2) is 18.2 Å². The van der Waals surface area contributed by atoms with Crippen LogP contribution in [0.1, 0.15) is 12.5 Å². The molecule has 0 aliphatic carbocycles. The second-order valence-corrected chi connectivity index (χ2v) is 5.48. The molecule has 0 aliphatic heterocycles. The SMILES string of the molecule is CNc1ccc([N+](=O)[O-])cc1CN(C)C(C)CSC. The quantitative estimate of drug-likeness (QED) is 0.616. The molecule has 1 aromatic rings. The van der Waals surface area contributed by atoms with Gasteiger partial charge < -0.3 is 5.32 Å². The fourth-order valence-electron chi connectivity index (χ4n) is 1.86. The first kappa shape index (κ1) is 15.8. The second-order valence-electron chi connectivity index (χ2n) is 4.57. The first-order valence-electron chi connectivity index (χ1n) is 6.13. The first-order valence-corrected chi connectivity index (χ1v) is 7.53. The number of nitro groups is 1. The molecule has 0 bridgehead atoms. The zero-order valence-electron chi connectivity index (χ0n) is 11.8. The Bertz CT molecular complexity index is 440. The van der Waals surface area contributed by atoms with Gasteiger partial charge in [-0.3, -0.25) is 15.0 Å². The van der Waals surface area contributed by atoms with Crippen molar-refractivity contribution in [2.45, 2.75) is 19.5 Å². The van der Waals surface area contributed by atoms with Crippen molar-refractivity contribution < 1.29 is 4.92 Å². The summed E-state index contributed by atoms with van der Waals surface area (Å²) in [6.07, 6.45) is 2.08. The van der Waals surface area contributed by atoms with Crippen LogP contribution in [0.2, 0.25) is 0 Å². The highest BCUT2D eigenvalue weighted by atomic mass is 32.2. The number of thioether (sulfide) groups is 1. The van der Waals surface area contributed by atoms with Crippen LogP contribution in [-0.2, 0) is 6.54 Å². The highest BCUT2D eigenvalue weighted by Gasteiger charge is 2.14. The van der Waals surface area contributed by atoms with E-state index in [0.717, 1.165) is 17.0 Å². The van der Waals surface area contributed by atoms with Crippen molar-refractivity contribution in [1.82, 2.24) is 4.90 Å². The van der Waals surface area contributed by atoms with E-state index < -0.39 is 0 Å². The van der Waals surface area contributed by atoms with E-state index in [9.17, 15) is 10.1 Å². The number of rotatable bonds is 7. The number of hydrogen-bond donors (Lipinski definition) is 1. The molecule has 1 atom stereocenters. The van der Waals surface area contributed by atoms with E-state index in [2.05, 4.69) is 23.4 Å². The summed E-state index contributed by atoms with van der Waals surface area (Å²) in [5, 5.41) is 13.9. The van der Waals surface area contributed by atoms with Crippen LogP contribution in [-0.4, -0.2) is 42.0 Å². The van der Waals surface area contributed by atoms with Crippen LogP contribution in [0.4, 0.5) is 11.4 Å². The van der Waals surface area contributed by atoms with Gasteiger partial charge in [-0.1, -0.05) is 0 Å². The lowest BCUT2D eigenvalue weighted by Crippen LogP contribution is -2.30. The van der Waals surface area contributed by atoms with E-state index in [1.165, 1.54) is 6.07 Å². The predicted octanol–water partition coefficient (Wildman–Crippen LogP) is 2.82. The van der Waals surface area contributed by atoms with Gasteiger partial charge in [0, 0.05) is 43.2 Å². The molecule has 0 heterocycles. The van der Waals surface area contributed by atoms with Gasteiger partial charge >= 0.3 is 0 Å². The maximum atomic E-state index is 10.8. The molecule has 5 nitrogen and oxygen atoms in total. The van der Waals surface area contributed by atoms with Crippen molar-refractivity contribution in [3.63, 3.8) is 0 Å². The summed E-state index contributed by atoms with van der Waals surface area (Å²) in [5.41, 5.74) is 2.03. The number of nitrogens with zero attached hydrogens (tertiary/aromatic N) is 2. The number of nitrogens with one attached hydrogen (secondary N) is 1. The molecule has 1 aromatic carbocycles. The maximum Gasteiger partial charge on any atom is 0.269 e. The van der Waals surface area contributed by atoms with Crippen LogP contribution in [0.25, 0.3) is 0 Å². The van der Waals surface area contributed by atoms with Gasteiger partial charge in [-0.25, -0.2) is 0 Å². The van der Waals surface area contributed by atoms with Crippen LogP contribution >= 0.6 is 11.8 Å². The van der Waals surface area contributed by atoms with Crippen LogP contribution in [0.3, 0.4) is 0 Å². The van der Waals surface area contributed by atoms with Crippen molar-refractivity contribution in [3.05, 3.63) is 33.9 Å². The van der Waals surface area contributed by atoms with Gasteiger partial charge in [-0.05, 0) is 31.9 Å². The van der Waals surface area contributed by atoms with Crippen LogP contribution in [0, 0.1) is 10.1 Å². The summed E-state index contributed by atoms with van der Waals surface area (Å²) in [6.45, 7) is 2.85. The highest BCUT2D eigenvalue weighted by Crippen LogP contribution is 2.23. The molecule has 106 valence electrons. The standard InChI is InChI=1S/C13H21N3O2S/c1-10(9-19-4)15(3)8-11-7-12(16(17)18)5-6-13(11)14-2/h5-7,10,14H,8-9H2,1-4H3. The molecule has 6 heteroatoms. The topological polar surface area (TPSA) is 58.4 Å². The Morgan fingerprint density at radius 2 is 2.21 bits per heavy atom. The minimum absolute atomic E-state index is 0.139. The van der Waals surface area contributed by atoms with Gasteiger partial charge in [0.1, 0.15) is 0 Å². The van der Waals surface area contributed by atoms with Crippen molar-refractivity contribution >= 4 is 23.1 Å². The van der Waals surface area contributed by atoms with Gasteiger partial charge in [-0.15, -0.1) is 0 Å². The fourth-order valence-corrected chi connectivity index (χ4v) is 2.60. The number of anilines is 1. The monoisotopic (exact) mass is 283 g/mol. The lowest BCUT2D eigenvalue weighted by atomic mass is 10.1. The smallest absolute Gasteiger partial charge is 0.269 e. The van der Waals surface area contributed by atoms with Crippen LogP contribution in [0.5, 0.6) is 0 Å². The third-order valence-corrected chi connectivity index (χ3v) is 3.96. The summed E-state index contributed by atoms with van der Waals surface area (Å²) in [5.74, 6) is 1.04.